The molecule has 0 aromatic rings. The van der Waals surface area contributed by atoms with Crippen LogP contribution in [0.5, 0.6) is 0 Å². The van der Waals surface area contributed by atoms with Crippen molar-refractivity contribution in [3.05, 3.63) is 0 Å². The molecule has 0 aromatic heterocycles. The van der Waals surface area contributed by atoms with Gasteiger partial charge >= 0.3 is 0 Å². The molecule has 2 nitrogen and oxygen atoms in total. The number of hydrogen-bond donors (Lipinski definition) is 1. The molecule has 0 aliphatic heterocycles. The smallest absolute Gasteiger partial charge is 0.0391 e. The maximum Gasteiger partial charge on any atom is 0.0391 e. The van der Waals surface area contributed by atoms with E-state index in [1.165, 1.54) is 19.3 Å². The van der Waals surface area contributed by atoms with E-state index in [0.717, 1.165) is 30.4 Å². The highest BCUT2D eigenvalue weighted by Crippen LogP contribution is 2.33. The number of nitrogens with one attached hydrogen (secondary N) is 1. The first-order valence-electron chi connectivity index (χ1n) is 6.71. The largest absolute Gasteiger partial charge is 0.313 e. The van der Waals surface area contributed by atoms with Gasteiger partial charge in [0.05, 0.1) is 0 Å². The van der Waals surface area contributed by atoms with Crippen molar-refractivity contribution >= 4 is 10.8 Å². The first kappa shape index (κ1) is 14.2. The average Bonchev–Trinajstić information content (AvgIpc) is 3.05. The fourth-order valence-electron chi connectivity index (χ4n) is 1.84. The lowest BCUT2D eigenvalue weighted by molar-refractivity contribution is 0.498. The second kappa shape index (κ2) is 7.44. The Balaban J connectivity index is 2.22. The Bertz CT molecular complexity index is 214. The van der Waals surface area contributed by atoms with Crippen LogP contribution in [0.25, 0.3) is 0 Å². The summed E-state index contributed by atoms with van der Waals surface area (Å²) in [6.45, 7) is 7.66. The van der Waals surface area contributed by atoms with E-state index in [9.17, 15) is 4.21 Å². The predicted octanol–water partition coefficient (Wildman–Crippen LogP) is 2.56. The van der Waals surface area contributed by atoms with Gasteiger partial charge in [0.1, 0.15) is 0 Å². The van der Waals surface area contributed by atoms with E-state index >= 15 is 0 Å². The van der Waals surface area contributed by atoms with Crippen molar-refractivity contribution in [1.29, 1.82) is 0 Å². The lowest BCUT2D eigenvalue weighted by atomic mass is 10.2. The van der Waals surface area contributed by atoms with Crippen LogP contribution in [0, 0.1) is 11.8 Å². The molecule has 2 unspecified atom stereocenters. The molecule has 0 spiro atoms. The van der Waals surface area contributed by atoms with E-state index in [4.69, 9.17) is 0 Å². The van der Waals surface area contributed by atoms with Crippen molar-refractivity contribution in [3.63, 3.8) is 0 Å². The fourth-order valence-corrected chi connectivity index (χ4v) is 3.53. The summed E-state index contributed by atoms with van der Waals surface area (Å²) in [6, 6.07) is 0.521. The van der Waals surface area contributed by atoms with Gasteiger partial charge in [0.2, 0.25) is 0 Å². The normalized spacial score (nSPS) is 20.0. The fraction of sp³-hybridized carbons (Fsp3) is 1.00. The summed E-state index contributed by atoms with van der Waals surface area (Å²) in [5.74, 6) is 3.24. The molecule has 0 aromatic carbocycles. The molecule has 0 bridgehead atoms. The SMILES string of the molecule is CCCNC(CS(=O)CCC(C)C)C1CC1. The molecule has 0 amide bonds. The third-order valence-electron chi connectivity index (χ3n) is 3.14. The summed E-state index contributed by atoms with van der Waals surface area (Å²) < 4.78 is 11.9. The molecular formula is C13H27NOS. The molecule has 0 heterocycles. The van der Waals surface area contributed by atoms with E-state index in [-0.39, 0.29) is 0 Å². The minimum absolute atomic E-state index is 0.521. The third kappa shape index (κ3) is 6.00. The molecule has 1 aliphatic rings. The van der Waals surface area contributed by atoms with Crippen molar-refractivity contribution in [2.75, 3.05) is 18.1 Å². The molecule has 1 rings (SSSR count). The van der Waals surface area contributed by atoms with Gasteiger partial charge in [0, 0.05) is 28.3 Å². The van der Waals surface area contributed by atoms with Crippen molar-refractivity contribution in [2.24, 2.45) is 11.8 Å². The van der Waals surface area contributed by atoms with Crippen molar-refractivity contribution in [3.8, 4) is 0 Å². The van der Waals surface area contributed by atoms with Crippen LogP contribution in [0.15, 0.2) is 0 Å². The highest BCUT2D eigenvalue weighted by atomic mass is 32.2. The van der Waals surface area contributed by atoms with Gasteiger partial charge in [0.15, 0.2) is 0 Å². The molecule has 16 heavy (non-hydrogen) atoms. The Hall–Kier alpha value is 0.110. The topological polar surface area (TPSA) is 29.1 Å². The minimum Gasteiger partial charge on any atom is -0.313 e. The Morgan fingerprint density at radius 3 is 2.56 bits per heavy atom. The first-order chi connectivity index (χ1) is 7.63. The van der Waals surface area contributed by atoms with Crippen molar-refractivity contribution < 1.29 is 4.21 Å². The summed E-state index contributed by atoms with van der Waals surface area (Å²) in [6.07, 6.45) is 4.94. The van der Waals surface area contributed by atoms with Gasteiger partial charge in [-0.1, -0.05) is 20.8 Å². The number of hydrogen-bond acceptors (Lipinski definition) is 2. The maximum absolute atomic E-state index is 11.9. The summed E-state index contributed by atoms with van der Waals surface area (Å²) in [4.78, 5) is 0. The third-order valence-corrected chi connectivity index (χ3v) is 4.56. The Morgan fingerprint density at radius 2 is 2.06 bits per heavy atom. The van der Waals surface area contributed by atoms with Gasteiger partial charge in [-0.2, -0.15) is 0 Å². The zero-order valence-electron chi connectivity index (χ0n) is 11.0. The summed E-state index contributed by atoms with van der Waals surface area (Å²) in [5.41, 5.74) is 0. The maximum atomic E-state index is 11.9. The monoisotopic (exact) mass is 245 g/mol. The van der Waals surface area contributed by atoms with Crippen molar-refractivity contribution in [2.45, 2.75) is 52.5 Å². The standard InChI is InChI=1S/C13H27NOS/c1-4-8-14-13(12-5-6-12)10-16(15)9-7-11(2)3/h11-14H,4-10H2,1-3H3. The van der Waals surface area contributed by atoms with E-state index in [1.807, 2.05) is 0 Å². The molecular weight excluding hydrogens is 218 g/mol. The first-order valence-corrected chi connectivity index (χ1v) is 8.20. The zero-order chi connectivity index (χ0) is 12.0. The Morgan fingerprint density at radius 1 is 1.38 bits per heavy atom. The molecule has 3 heteroatoms. The molecule has 2 atom stereocenters. The van der Waals surface area contributed by atoms with Crippen LogP contribution in [0.2, 0.25) is 0 Å². The second-order valence-electron chi connectivity index (χ2n) is 5.39. The van der Waals surface area contributed by atoms with Gasteiger partial charge in [-0.15, -0.1) is 0 Å². The summed E-state index contributed by atoms with van der Waals surface area (Å²) in [7, 11) is -0.617. The van der Waals surface area contributed by atoms with Crippen molar-refractivity contribution in [1.82, 2.24) is 5.32 Å². The summed E-state index contributed by atoms with van der Waals surface area (Å²) >= 11 is 0. The molecule has 96 valence electrons. The van der Waals surface area contributed by atoms with E-state index in [2.05, 4.69) is 26.1 Å². The van der Waals surface area contributed by atoms with Crippen LogP contribution in [0.3, 0.4) is 0 Å². The van der Waals surface area contributed by atoms with Gasteiger partial charge < -0.3 is 5.32 Å². The van der Waals surface area contributed by atoms with Crippen LogP contribution in [-0.4, -0.2) is 28.3 Å². The number of rotatable bonds is 9. The van der Waals surface area contributed by atoms with Crippen LogP contribution in [-0.2, 0) is 10.8 Å². The molecule has 0 saturated heterocycles. The predicted molar refractivity (Wildman–Crippen MR) is 72.1 cm³/mol. The van der Waals surface area contributed by atoms with Crippen LogP contribution in [0.1, 0.15) is 46.5 Å². The highest BCUT2D eigenvalue weighted by Gasteiger charge is 2.31. The average molecular weight is 245 g/mol. The van der Waals surface area contributed by atoms with Gasteiger partial charge in [0.25, 0.3) is 0 Å². The van der Waals surface area contributed by atoms with E-state index in [1.54, 1.807) is 0 Å². The van der Waals surface area contributed by atoms with Gasteiger partial charge in [-0.3, -0.25) is 4.21 Å². The van der Waals surface area contributed by atoms with E-state index < -0.39 is 10.8 Å². The Kier molecular flexibility index (Phi) is 6.59. The van der Waals surface area contributed by atoms with Gasteiger partial charge in [-0.25, -0.2) is 0 Å². The second-order valence-corrected chi connectivity index (χ2v) is 7.01. The van der Waals surface area contributed by atoms with Gasteiger partial charge in [-0.05, 0) is 44.1 Å². The lowest BCUT2D eigenvalue weighted by Gasteiger charge is -2.17. The lowest BCUT2D eigenvalue weighted by Crippen LogP contribution is -2.37. The quantitative estimate of drug-likeness (QED) is 0.676. The highest BCUT2D eigenvalue weighted by molar-refractivity contribution is 7.85. The summed E-state index contributed by atoms with van der Waals surface area (Å²) in [5, 5.41) is 3.56. The molecule has 1 saturated carbocycles. The zero-order valence-corrected chi connectivity index (χ0v) is 11.8. The minimum atomic E-state index is -0.617. The van der Waals surface area contributed by atoms with Crippen LogP contribution < -0.4 is 5.32 Å². The molecule has 1 aliphatic carbocycles. The molecule has 1 fully saturated rings. The molecule has 0 radical (unpaired) electrons. The van der Waals surface area contributed by atoms with Crippen LogP contribution in [0.4, 0.5) is 0 Å². The molecule has 1 N–H and O–H groups in total. The van der Waals surface area contributed by atoms with E-state index in [0.29, 0.717) is 12.0 Å². The Labute approximate surface area is 103 Å². The van der Waals surface area contributed by atoms with Crippen LogP contribution >= 0.6 is 0 Å².